The number of hydrogen-bond donors (Lipinski definition) is 1. The van der Waals surface area contributed by atoms with Crippen LogP contribution in [0.5, 0.6) is 0 Å². The van der Waals surface area contributed by atoms with Gasteiger partial charge in [0.05, 0.1) is 5.60 Å². The quantitative estimate of drug-likeness (QED) is 0.860. The fourth-order valence-corrected chi connectivity index (χ4v) is 6.51. The summed E-state index contributed by atoms with van der Waals surface area (Å²) in [5, 5.41) is 10.9. The van der Waals surface area contributed by atoms with Crippen LogP contribution in [-0.2, 0) is 9.98 Å². The molecule has 2 rings (SSSR count). The Morgan fingerprint density at radius 3 is 2.58 bits per heavy atom. The van der Waals surface area contributed by atoms with Crippen molar-refractivity contribution in [1.82, 2.24) is 0 Å². The van der Waals surface area contributed by atoms with Crippen LogP contribution in [0.2, 0.25) is 0 Å². The Balaban J connectivity index is 2.37. The zero-order chi connectivity index (χ0) is 14.3. The van der Waals surface area contributed by atoms with Gasteiger partial charge in [0.1, 0.15) is 7.14 Å². The van der Waals surface area contributed by atoms with Gasteiger partial charge in [0.25, 0.3) is 0 Å². The summed E-state index contributed by atoms with van der Waals surface area (Å²) < 4.78 is 13.3. The largest absolute Gasteiger partial charge is 0.390 e. The van der Waals surface area contributed by atoms with Crippen LogP contribution in [0.25, 0.3) is 0 Å². The third-order valence-electron chi connectivity index (χ3n) is 4.26. The van der Waals surface area contributed by atoms with E-state index < -0.39 is 12.7 Å². The van der Waals surface area contributed by atoms with Gasteiger partial charge in [0.2, 0.25) is 0 Å². The molecule has 0 fully saturated rings. The molecule has 1 aromatic rings. The second-order valence-corrected chi connectivity index (χ2v) is 10.2. The van der Waals surface area contributed by atoms with Gasteiger partial charge in [0, 0.05) is 17.6 Å². The molecule has 0 saturated carbocycles. The standard InChI is InChI=1S/C16H25O2P/c1-15(2)9-11-19(18,12-10-16(3,4)17)14-8-6-5-7-13(14)15/h5-8,17H,9-12H2,1-4H3. The Morgan fingerprint density at radius 2 is 1.95 bits per heavy atom. The maximum Gasteiger partial charge on any atom is 0.116 e. The summed E-state index contributed by atoms with van der Waals surface area (Å²) in [7, 11) is -2.34. The lowest BCUT2D eigenvalue weighted by atomic mass is 9.82. The van der Waals surface area contributed by atoms with E-state index in [-0.39, 0.29) is 5.41 Å². The lowest BCUT2D eigenvalue weighted by molar-refractivity contribution is 0.0772. The minimum atomic E-state index is -2.34. The van der Waals surface area contributed by atoms with Gasteiger partial charge in [-0.3, -0.25) is 0 Å². The fraction of sp³-hybridized carbons (Fsp3) is 0.625. The first kappa shape index (κ1) is 14.8. The van der Waals surface area contributed by atoms with Crippen LogP contribution in [0, 0.1) is 0 Å². The van der Waals surface area contributed by atoms with Gasteiger partial charge in [-0.25, -0.2) is 0 Å². The third kappa shape index (κ3) is 3.12. The highest BCUT2D eigenvalue weighted by Gasteiger charge is 2.39. The van der Waals surface area contributed by atoms with Crippen molar-refractivity contribution in [3.8, 4) is 0 Å². The van der Waals surface area contributed by atoms with Crippen molar-refractivity contribution in [2.45, 2.75) is 51.6 Å². The van der Waals surface area contributed by atoms with E-state index in [1.54, 1.807) is 13.8 Å². The van der Waals surface area contributed by atoms with E-state index in [9.17, 15) is 9.67 Å². The molecule has 3 heteroatoms. The van der Waals surface area contributed by atoms with Crippen molar-refractivity contribution in [3.05, 3.63) is 29.8 Å². The average Bonchev–Trinajstić information content (AvgIpc) is 2.32. The van der Waals surface area contributed by atoms with Crippen molar-refractivity contribution in [2.24, 2.45) is 0 Å². The molecule has 1 N–H and O–H groups in total. The fourth-order valence-electron chi connectivity index (χ4n) is 2.80. The first-order valence-corrected chi connectivity index (χ1v) is 9.12. The molecular formula is C16H25O2P. The molecule has 1 atom stereocenters. The van der Waals surface area contributed by atoms with Gasteiger partial charge < -0.3 is 9.67 Å². The summed E-state index contributed by atoms with van der Waals surface area (Å²) >= 11 is 0. The monoisotopic (exact) mass is 280 g/mol. The van der Waals surface area contributed by atoms with Gasteiger partial charge in [-0.05, 0) is 37.7 Å². The molecule has 0 aliphatic carbocycles. The lowest BCUT2D eigenvalue weighted by Gasteiger charge is -2.37. The maximum atomic E-state index is 13.3. The van der Waals surface area contributed by atoms with Crippen LogP contribution in [0.4, 0.5) is 0 Å². The molecule has 106 valence electrons. The van der Waals surface area contributed by atoms with E-state index in [0.717, 1.165) is 17.9 Å². The summed E-state index contributed by atoms with van der Waals surface area (Å²) in [4.78, 5) is 0. The molecule has 2 nitrogen and oxygen atoms in total. The summed E-state index contributed by atoms with van der Waals surface area (Å²) in [6.45, 7) is 8.04. The Morgan fingerprint density at radius 1 is 1.32 bits per heavy atom. The highest BCUT2D eigenvalue weighted by molar-refractivity contribution is 7.71. The zero-order valence-electron chi connectivity index (χ0n) is 12.4. The number of rotatable bonds is 3. The van der Waals surface area contributed by atoms with Crippen LogP contribution in [0.1, 0.15) is 46.1 Å². The SMILES string of the molecule is CC(C)(O)CCP1(=O)CCC(C)(C)c2ccccc21. The Hall–Kier alpha value is -0.590. The highest BCUT2D eigenvalue weighted by atomic mass is 31.2. The smallest absolute Gasteiger partial charge is 0.116 e. The predicted octanol–water partition coefficient (Wildman–Crippen LogP) is 3.52. The Labute approximate surface area is 116 Å². The second-order valence-electron chi connectivity index (χ2n) is 7.05. The predicted molar refractivity (Wildman–Crippen MR) is 82.0 cm³/mol. The number of fused-ring (bicyclic) bond motifs is 1. The molecule has 0 saturated heterocycles. The number of hydrogen-bond acceptors (Lipinski definition) is 2. The average molecular weight is 280 g/mol. The maximum absolute atomic E-state index is 13.3. The van der Waals surface area contributed by atoms with Crippen LogP contribution in [0.15, 0.2) is 24.3 Å². The van der Waals surface area contributed by atoms with E-state index in [1.165, 1.54) is 5.56 Å². The molecule has 19 heavy (non-hydrogen) atoms. The van der Waals surface area contributed by atoms with Crippen molar-refractivity contribution < 1.29 is 9.67 Å². The van der Waals surface area contributed by atoms with Gasteiger partial charge >= 0.3 is 0 Å². The molecule has 0 radical (unpaired) electrons. The summed E-state index contributed by atoms with van der Waals surface area (Å²) in [5.41, 5.74) is 0.610. The molecule has 1 unspecified atom stereocenters. The topological polar surface area (TPSA) is 37.3 Å². The minimum absolute atomic E-state index is 0.110. The molecule has 0 amide bonds. The van der Waals surface area contributed by atoms with E-state index >= 15 is 0 Å². The van der Waals surface area contributed by atoms with Gasteiger partial charge in [-0.15, -0.1) is 0 Å². The first-order chi connectivity index (χ1) is 8.64. The van der Waals surface area contributed by atoms with Crippen molar-refractivity contribution in [1.29, 1.82) is 0 Å². The van der Waals surface area contributed by atoms with Crippen LogP contribution >= 0.6 is 7.14 Å². The Bertz CT molecular complexity index is 512. The minimum Gasteiger partial charge on any atom is -0.390 e. The van der Waals surface area contributed by atoms with Gasteiger partial charge in [-0.1, -0.05) is 38.1 Å². The molecular weight excluding hydrogens is 255 g/mol. The summed E-state index contributed by atoms with van der Waals surface area (Å²) in [6, 6.07) is 8.16. The van der Waals surface area contributed by atoms with Crippen LogP contribution in [-0.4, -0.2) is 23.0 Å². The first-order valence-electron chi connectivity index (χ1n) is 7.05. The normalized spacial score (nSPS) is 25.9. The van der Waals surface area contributed by atoms with Crippen molar-refractivity contribution >= 4 is 12.4 Å². The van der Waals surface area contributed by atoms with E-state index in [2.05, 4.69) is 19.9 Å². The lowest BCUT2D eigenvalue weighted by Crippen LogP contribution is -2.34. The molecule has 1 aromatic carbocycles. The molecule has 0 spiro atoms. The molecule has 0 aromatic heterocycles. The Kier molecular flexibility index (Phi) is 3.70. The highest BCUT2D eigenvalue weighted by Crippen LogP contribution is 2.54. The molecule has 1 aliphatic rings. The van der Waals surface area contributed by atoms with Crippen molar-refractivity contribution in [2.75, 3.05) is 12.3 Å². The third-order valence-corrected chi connectivity index (χ3v) is 7.42. The summed E-state index contributed by atoms with van der Waals surface area (Å²) in [5.74, 6) is 0. The second kappa shape index (κ2) is 4.75. The molecule has 1 heterocycles. The molecule has 1 aliphatic heterocycles. The van der Waals surface area contributed by atoms with Crippen LogP contribution < -0.4 is 5.30 Å². The van der Waals surface area contributed by atoms with Crippen molar-refractivity contribution in [3.63, 3.8) is 0 Å². The number of aliphatic hydroxyl groups is 1. The van der Waals surface area contributed by atoms with E-state index in [4.69, 9.17) is 0 Å². The van der Waals surface area contributed by atoms with Crippen LogP contribution in [0.3, 0.4) is 0 Å². The number of benzene rings is 1. The van der Waals surface area contributed by atoms with Gasteiger partial charge in [0.15, 0.2) is 0 Å². The van der Waals surface area contributed by atoms with Gasteiger partial charge in [-0.2, -0.15) is 0 Å². The zero-order valence-corrected chi connectivity index (χ0v) is 13.3. The summed E-state index contributed by atoms with van der Waals surface area (Å²) in [6.07, 6.45) is 2.95. The molecule has 0 bridgehead atoms. The van der Waals surface area contributed by atoms with E-state index in [1.807, 2.05) is 18.2 Å². The van der Waals surface area contributed by atoms with E-state index in [0.29, 0.717) is 12.6 Å².